The van der Waals surface area contributed by atoms with Crippen LogP contribution in [0.2, 0.25) is 0 Å². The number of anilines is 2. The molecule has 0 fully saturated rings. The van der Waals surface area contributed by atoms with Crippen LogP contribution in [0.4, 0.5) is 15.1 Å². The Kier molecular flexibility index (Phi) is 3.91. The Labute approximate surface area is 113 Å². The Balaban J connectivity index is 2.10. The minimum Gasteiger partial charge on any atom is -0.319 e. The molecule has 4 nitrogen and oxygen atoms in total. The van der Waals surface area contributed by atoms with Gasteiger partial charge in [0.2, 0.25) is 5.91 Å². The third-order valence-corrected chi connectivity index (χ3v) is 3.25. The fraction of sp³-hybridized carbons (Fsp3) is 0.0769. The summed E-state index contributed by atoms with van der Waals surface area (Å²) in [5, 5.41) is 5.63. The molecule has 6 heteroatoms. The second-order valence-corrected chi connectivity index (χ2v) is 4.86. The minimum atomic E-state index is -0.491. The molecule has 1 aromatic heterocycles. The van der Waals surface area contributed by atoms with Crippen LogP contribution in [0.3, 0.4) is 0 Å². The first-order valence-electron chi connectivity index (χ1n) is 5.49. The Hall–Kier alpha value is -2.21. The van der Waals surface area contributed by atoms with Gasteiger partial charge in [-0.3, -0.25) is 9.59 Å². The van der Waals surface area contributed by atoms with Crippen LogP contribution in [0, 0.1) is 5.82 Å². The van der Waals surface area contributed by atoms with Crippen molar-refractivity contribution in [3.63, 3.8) is 0 Å². The number of para-hydroxylation sites is 1. The Morgan fingerprint density at radius 2 is 1.84 bits per heavy atom. The maximum Gasteiger partial charge on any atom is 0.265 e. The summed E-state index contributed by atoms with van der Waals surface area (Å²) in [6, 6.07) is 9.14. The Morgan fingerprint density at radius 1 is 1.11 bits per heavy atom. The van der Waals surface area contributed by atoms with E-state index in [4.69, 9.17) is 0 Å². The van der Waals surface area contributed by atoms with Gasteiger partial charge in [-0.15, -0.1) is 11.3 Å². The highest BCUT2D eigenvalue weighted by atomic mass is 32.1. The first-order valence-corrected chi connectivity index (χ1v) is 6.31. The summed E-state index contributed by atoms with van der Waals surface area (Å²) in [5.41, 5.74) is 0.127. The van der Waals surface area contributed by atoms with Gasteiger partial charge in [-0.25, -0.2) is 4.39 Å². The summed E-state index contributed by atoms with van der Waals surface area (Å²) in [5.74, 6) is -1.11. The van der Waals surface area contributed by atoms with Gasteiger partial charge in [-0.1, -0.05) is 12.1 Å². The normalized spacial score (nSPS) is 10.0. The molecule has 0 radical (unpaired) electrons. The van der Waals surface area contributed by atoms with Crippen LogP contribution in [0.5, 0.6) is 0 Å². The molecule has 0 aliphatic heterocycles. The SMILES string of the molecule is CC(=O)Nc1ccc(C(=O)Nc2ccccc2F)s1. The van der Waals surface area contributed by atoms with Crippen molar-refractivity contribution in [1.29, 1.82) is 0 Å². The summed E-state index contributed by atoms with van der Waals surface area (Å²) >= 11 is 1.13. The molecular formula is C13H11FN2O2S. The molecule has 1 heterocycles. The van der Waals surface area contributed by atoms with Crippen molar-refractivity contribution in [2.75, 3.05) is 10.6 Å². The number of amides is 2. The van der Waals surface area contributed by atoms with Gasteiger partial charge in [-0.05, 0) is 24.3 Å². The molecule has 19 heavy (non-hydrogen) atoms. The smallest absolute Gasteiger partial charge is 0.265 e. The monoisotopic (exact) mass is 278 g/mol. The summed E-state index contributed by atoms with van der Waals surface area (Å²) in [4.78, 5) is 23.2. The van der Waals surface area contributed by atoms with E-state index in [9.17, 15) is 14.0 Å². The molecule has 0 unspecified atom stereocenters. The highest BCUT2D eigenvalue weighted by molar-refractivity contribution is 7.18. The van der Waals surface area contributed by atoms with E-state index in [0.717, 1.165) is 11.3 Å². The van der Waals surface area contributed by atoms with Crippen LogP contribution in [0.15, 0.2) is 36.4 Å². The van der Waals surface area contributed by atoms with Crippen molar-refractivity contribution in [1.82, 2.24) is 0 Å². The standard InChI is InChI=1S/C13H11FN2O2S/c1-8(17)15-12-7-6-11(19-12)13(18)16-10-5-3-2-4-9(10)14/h2-7H,1H3,(H,15,17)(H,16,18). The number of nitrogens with one attached hydrogen (secondary N) is 2. The van der Waals surface area contributed by atoms with Crippen molar-refractivity contribution in [3.8, 4) is 0 Å². The number of hydrogen-bond acceptors (Lipinski definition) is 3. The molecule has 98 valence electrons. The van der Waals surface area contributed by atoms with Crippen LogP contribution in [0.25, 0.3) is 0 Å². The van der Waals surface area contributed by atoms with Gasteiger partial charge < -0.3 is 10.6 Å². The highest BCUT2D eigenvalue weighted by Crippen LogP contribution is 2.23. The first-order chi connectivity index (χ1) is 9.06. The topological polar surface area (TPSA) is 58.2 Å². The number of thiophene rings is 1. The van der Waals surface area contributed by atoms with E-state index in [-0.39, 0.29) is 11.6 Å². The van der Waals surface area contributed by atoms with E-state index >= 15 is 0 Å². The zero-order chi connectivity index (χ0) is 13.8. The molecular weight excluding hydrogens is 267 g/mol. The van der Waals surface area contributed by atoms with Gasteiger partial charge >= 0.3 is 0 Å². The molecule has 0 spiro atoms. The van der Waals surface area contributed by atoms with E-state index in [1.807, 2.05) is 0 Å². The minimum absolute atomic E-state index is 0.127. The molecule has 0 atom stereocenters. The van der Waals surface area contributed by atoms with Crippen molar-refractivity contribution >= 4 is 33.8 Å². The number of halogens is 1. The van der Waals surface area contributed by atoms with Gasteiger partial charge in [0.15, 0.2) is 0 Å². The number of hydrogen-bond donors (Lipinski definition) is 2. The lowest BCUT2D eigenvalue weighted by Crippen LogP contribution is -2.11. The largest absolute Gasteiger partial charge is 0.319 e. The quantitative estimate of drug-likeness (QED) is 0.906. The average molecular weight is 278 g/mol. The van der Waals surface area contributed by atoms with Crippen molar-refractivity contribution in [3.05, 3.63) is 47.1 Å². The molecule has 2 rings (SSSR count). The van der Waals surface area contributed by atoms with E-state index < -0.39 is 11.7 Å². The number of benzene rings is 1. The molecule has 2 aromatic rings. The zero-order valence-electron chi connectivity index (χ0n) is 10.1. The lowest BCUT2D eigenvalue weighted by atomic mass is 10.3. The van der Waals surface area contributed by atoms with E-state index in [1.165, 1.54) is 19.1 Å². The Morgan fingerprint density at radius 3 is 2.53 bits per heavy atom. The van der Waals surface area contributed by atoms with Crippen LogP contribution in [-0.4, -0.2) is 11.8 Å². The molecule has 0 aliphatic carbocycles. The van der Waals surface area contributed by atoms with E-state index in [2.05, 4.69) is 10.6 Å². The second-order valence-electron chi connectivity index (χ2n) is 3.78. The molecule has 1 aromatic carbocycles. The van der Waals surface area contributed by atoms with Crippen molar-refractivity contribution < 1.29 is 14.0 Å². The Bertz CT molecular complexity index is 625. The van der Waals surface area contributed by atoms with Crippen LogP contribution in [-0.2, 0) is 4.79 Å². The second kappa shape index (κ2) is 5.62. The predicted octanol–water partition coefficient (Wildman–Crippen LogP) is 3.10. The number of carbonyl (C=O) groups is 2. The first kappa shape index (κ1) is 13.2. The predicted molar refractivity (Wildman–Crippen MR) is 73.0 cm³/mol. The number of rotatable bonds is 3. The zero-order valence-corrected chi connectivity index (χ0v) is 10.9. The van der Waals surface area contributed by atoms with Gasteiger partial charge in [0.1, 0.15) is 5.82 Å². The highest BCUT2D eigenvalue weighted by Gasteiger charge is 2.11. The summed E-state index contributed by atoms with van der Waals surface area (Å²) in [6.07, 6.45) is 0. The van der Waals surface area contributed by atoms with Gasteiger partial charge in [0.25, 0.3) is 5.91 Å². The van der Waals surface area contributed by atoms with Gasteiger partial charge in [-0.2, -0.15) is 0 Å². The molecule has 2 amide bonds. The van der Waals surface area contributed by atoms with Gasteiger partial charge in [0.05, 0.1) is 15.6 Å². The third kappa shape index (κ3) is 3.38. The van der Waals surface area contributed by atoms with Crippen LogP contribution in [0.1, 0.15) is 16.6 Å². The fourth-order valence-electron chi connectivity index (χ4n) is 1.45. The summed E-state index contributed by atoms with van der Waals surface area (Å²) < 4.78 is 13.4. The average Bonchev–Trinajstić information content (AvgIpc) is 2.79. The number of carbonyl (C=O) groups excluding carboxylic acids is 2. The summed E-state index contributed by atoms with van der Waals surface area (Å²) in [7, 11) is 0. The van der Waals surface area contributed by atoms with Crippen LogP contribution >= 0.6 is 11.3 Å². The van der Waals surface area contributed by atoms with E-state index in [0.29, 0.717) is 9.88 Å². The fourth-order valence-corrected chi connectivity index (χ4v) is 2.29. The maximum absolute atomic E-state index is 13.4. The molecule has 0 saturated carbocycles. The lowest BCUT2D eigenvalue weighted by Gasteiger charge is -2.04. The maximum atomic E-state index is 13.4. The van der Waals surface area contributed by atoms with Crippen LogP contribution < -0.4 is 10.6 Å². The van der Waals surface area contributed by atoms with Gasteiger partial charge in [0, 0.05) is 6.92 Å². The third-order valence-electron chi connectivity index (χ3n) is 2.25. The molecule has 0 aliphatic rings. The van der Waals surface area contributed by atoms with E-state index in [1.54, 1.807) is 24.3 Å². The molecule has 0 bridgehead atoms. The van der Waals surface area contributed by atoms with Crippen molar-refractivity contribution in [2.24, 2.45) is 0 Å². The molecule has 0 saturated heterocycles. The molecule has 2 N–H and O–H groups in total. The summed E-state index contributed by atoms with van der Waals surface area (Å²) in [6.45, 7) is 1.39. The lowest BCUT2D eigenvalue weighted by molar-refractivity contribution is -0.114. The van der Waals surface area contributed by atoms with Crippen molar-refractivity contribution in [2.45, 2.75) is 6.92 Å².